The Kier molecular flexibility index (Phi) is 4.85. The van der Waals surface area contributed by atoms with Gasteiger partial charge in [0.15, 0.2) is 6.10 Å². The van der Waals surface area contributed by atoms with Crippen LogP contribution in [0, 0.1) is 6.92 Å². The lowest BCUT2D eigenvalue weighted by atomic mass is 10.3. The van der Waals surface area contributed by atoms with E-state index in [9.17, 15) is 13.2 Å². The molecular formula is C11H14BrNO5S2. The molecule has 1 aromatic heterocycles. The first-order valence-corrected chi connectivity index (χ1v) is 8.86. The van der Waals surface area contributed by atoms with Crippen LogP contribution in [-0.4, -0.2) is 51.6 Å². The zero-order valence-corrected chi connectivity index (χ0v) is 14.2. The van der Waals surface area contributed by atoms with E-state index in [4.69, 9.17) is 4.74 Å². The van der Waals surface area contributed by atoms with Crippen LogP contribution in [0.4, 0.5) is 0 Å². The molecule has 1 aliphatic rings. The molecule has 2 heterocycles. The van der Waals surface area contributed by atoms with Crippen LogP contribution in [0.2, 0.25) is 0 Å². The molecule has 0 spiro atoms. The number of rotatable bonds is 3. The quantitative estimate of drug-likeness (QED) is 0.737. The number of halogens is 1. The van der Waals surface area contributed by atoms with Crippen LogP contribution in [0.25, 0.3) is 0 Å². The minimum atomic E-state index is -3.60. The van der Waals surface area contributed by atoms with Gasteiger partial charge < -0.3 is 9.47 Å². The van der Waals surface area contributed by atoms with Gasteiger partial charge in [0, 0.05) is 6.54 Å². The van der Waals surface area contributed by atoms with Crippen molar-refractivity contribution in [2.45, 2.75) is 17.2 Å². The van der Waals surface area contributed by atoms with Gasteiger partial charge >= 0.3 is 5.97 Å². The molecule has 1 fully saturated rings. The average Bonchev–Trinajstić information content (AvgIpc) is 2.78. The van der Waals surface area contributed by atoms with Crippen molar-refractivity contribution in [1.29, 1.82) is 0 Å². The van der Waals surface area contributed by atoms with Gasteiger partial charge in [-0.3, -0.25) is 0 Å². The van der Waals surface area contributed by atoms with E-state index in [1.165, 1.54) is 11.4 Å². The van der Waals surface area contributed by atoms with Gasteiger partial charge in [0.2, 0.25) is 0 Å². The number of hydrogen-bond donors (Lipinski definition) is 0. The zero-order chi connectivity index (χ0) is 14.9. The largest absolute Gasteiger partial charge is 0.467 e. The summed E-state index contributed by atoms with van der Waals surface area (Å²) in [5.74, 6) is -0.562. The molecular weight excluding hydrogens is 370 g/mol. The van der Waals surface area contributed by atoms with Crippen molar-refractivity contribution in [3.05, 3.63) is 15.4 Å². The van der Waals surface area contributed by atoms with Crippen LogP contribution in [0.1, 0.15) is 5.56 Å². The molecule has 1 atom stereocenters. The van der Waals surface area contributed by atoms with Crippen molar-refractivity contribution >= 4 is 43.3 Å². The highest BCUT2D eigenvalue weighted by Gasteiger charge is 2.35. The number of methoxy groups -OCH3 is 1. The Morgan fingerprint density at radius 2 is 2.30 bits per heavy atom. The Morgan fingerprint density at radius 1 is 1.60 bits per heavy atom. The summed E-state index contributed by atoms with van der Waals surface area (Å²) in [4.78, 5) is 11.5. The Balaban J connectivity index is 2.23. The summed E-state index contributed by atoms with van der Waals surface area (Å²) in [6.07, 6.45) is -0.868. The average molecular weight is 384 g/mol. The molecule has 0 aliphatic carbocycles. The number of morpholine rings is 1. The smallest absolute Gasteiger partial charge is 0.336 e. The molecule has 1 saturated heterocycles. The minimum Gasteiger partial charge on any atom is -0.467 e. The fourth-order valence-corrected chi connectivity index (χ4v) is 5.61. The fourth-order valence-electron chi connectivity index (χ4n) is 1.80. The number of sulfonamides is 1. The number of carbonyl (C=O) groups excluding carboxylic acids is 1. The fraction of sp³-hybridized carbons (Fsp3) is 0.545. The molecule has 0 aromatic carbocycles. The third-order valence-electron chi connectivity index (χ3n) is 2.92. The van der Waals surface area contributed by atoms with Crippen LogP contribution in [0.15, 0.2) is 14.1 Å². The molecule has 1 aliphatic heterocycles. The topological polar surface area (TPSA) is 72.9 Å². The van der Waals surface area contributed by atoms with Crippen molar-refractivity contribution in [2.24, 2.45) is 0 Å². The van der Waals surface area contributed by atoms with Crippen molar-refractivity contribution in [1.82, 2.24) is 4.31 Å². The number of aryl methyl sites for hydroxylation is 1. The van der Waals surface area contributed by atoms with Gasteiger partial charge in [-0.05, 0) is 34.5 Å². The standard InChI is InChI=1S/C11H14BrNO5S2/c1-7-5-9(19-10(7)12)20(15,16)13-3-4-18-8(6-13)11(14)17-2/h5,8H,3-4,6H2,1-2H3. The molecule has 0 bridgehead atoms. The zero-order valence-electron chi connectivity index (χ0n) is 11.0. The lowest BCUT2D eigenvalue weighted by Crippen LogP contribution is -2.48. The van der Waals surface area contributed by atoms with Gasteiger partial charge in [0.05, 0.1) is 24.0 Å². The van der Waals surface area contributed by atoms with Crippen LogP contribution in [-0.2, 0) is 24.3 Å². The van der Waals surface area contributed by atoms with Crippen LogP contribution >= 0.6 is 27.3 Å². The highest BCUT2D eigenvalue weighted by atomic mass is 79.9. The Hall–Kier alpha value is -0.480. The number of ether oxygens (including phenoxy) is 2. The number of hydrogen-bond acceptors (Lipinski definition) is 6. The number of esters is 1. The number of thiophene rings is 1. The SMILES string of the molecule is COC(=O)C1CN(S(=O)(=O)c2cc(C)c(Br)s2)CCO1. The first-order valence-electron chi connectivity index (χ1n) is 5.81. The van der Waals surface area contributed by atoms with Crippen molar-refractivity contribution in [3.8, 4) is 0 Å². The van der Waals surface area contributed by atoms with Gasteiger partial charge in [0.1, 0.15) is 4.21 Å². The molecule has 112 valence electrons. The molecule has 2 rings (SSSR count). The van der Waals surface area contributed by atoms with E-state index in [1.807, 2.05) is 6.92 Å². The number of nitrogens with zero attached hydrogens (tertiary/aromatic N) is 1. The van der Waals surface area contributed by atoms with E-state index in [0.717, 1.165) is 20.7 Å². The number of carbonyl (C=O) groups is 1. The Bertz CT molecular complexity index is 593. The van der Waals surface area contributed by atoms with Gasteiger partial charge in [-0.15, -0.1) is 11.3 Å². The van der Waals surface area contributed by atoms with E-state index >= 15 is 0 Å². The molecule has 1 unspecified atom stereocenters. The maximum atomic E-state index is 12.5. The molecule has 20 heavy (non-hydrogen) atoms. The molecule has 1 aromatic rings. The second-order valence-corrected chi connectivity index (χ2v) is 8.80. The van der Waals surface area contributed by atoms with Crippen molar-refractivity contribution < 1.29 is 22.7 Å². The van der Waals surface area contributed by atoms with Crippen LogP contribution < -0.4 is 0 Å². The van der Waals surface area contributed by atoms with Gasteiger partial charge in [-0.1, -0.05) is 0 Å². The third-order valence-corrected chi connectivity index (χ3v) is 7.37. The summed E-state index contributed by atoms with van der Waals surface area (Å²) in [6, 6.07) is 1.62. The molecule has 0 N–H and O–H groups in total. The summed E-state index contributed by atoms with van der Waals surface area (Å²) in [5.41, 5.74) is 0.867. The monoisotopic (exact) mass is 383 g/mol. The van der Waals surface area contributed by atoms with Crippen molar-refractivity contribution in [3.63, 3.8) is 0 Å². The Labute approximate surface area is 129 Å². The van der Waals surface area contributed by atoms with Crippen LogP contribution in [0.5, 0.6) is 0 Å². The summed E-state index contributed by atoms with van der Waals surface area (Å²) >= 11 is 4.48. The van der Waals surface area contributed by atoms with Crippen LogP contribution in [0.3, 0.4) is 0 Å². The predicted molar refractivity (Wildman–Crippen MR) is 77.3 cm³/mol. The van der Waals surface area contributed by atoms with Gasteiger partial charge in [-0.25, -0.2) is 13.2 Å². The summed E-state index contributed by atoms with van der Waals surface area (Å²) < 4.78 is 37.2. The van der Waals surface area contributed by atoms with E-state index in [0.29, 0.717) is 0 Å². The van der Waals surface area contributed by atoms with Gasteiger partial charge in [0.25, 0.3) is 10.0 Å². The highest BCUT2D eigenvalue weighted by Crippen LogP contribution is 2.32. The lowest BCUT2D eigenvalue weighted by Gasteiger charge is -2.30. The third kappa shape index (κ3) is 3.06. The molecule has 0 saturated carbocycles. The van der Waals surface area contributed by atoms with E-state index in [2.05, 4.69) is 20.7 Å². The van der Waals surface area contributed by atoms with E-state index < -0.39 is 22.1 Å². The molecule has 0 amide bonds. The Morgan fingerprint density at radius 3 is 2.85 bits per heavy atom. The normalized spacial score (nSPS) is 20.9. The minimum absolute atomic E-state index is 0.0242. The second kappa shape index (κ2) is 6.10. The second-order valence-electron chi connectivity index (χ2n) is 4.27. The van der Waals surface area contributed by atoms with E-state index in [1.54, 1.807) is 6.07 Å². The summed E-state index contributed by atoms with van der Waals surface area (Å²) in [6.45, 7) is 2.20. The predicted octanol–water partition coefficient (Wildman–Crippen LogP) is 1.38. The van der Waals surface area contributed by atoms with E-state index in [-0.39, 0.29) is 23.9 Å². The lowest BCUT2D eigenvalue weighted by molar-refractivity contribution is -0.157. The van der Waals surface area contributed by atoms with Gasteiger partial charge in [-0.2, -0.15) is 4.31 Å². The molecule has 6 nitrogen and oxygen atoms in total. The molecule has 9 heteroatoms. The summed E-state index contributed by atoms with van der Waals surface area (Å²) in [7, 11) is -2.36. The van der Waals surface area contributed by atoms with Crippen molar-refractivity contribution in [2.75, 3.05) is 26.8 Å². The maximum Gasteiger partial charge on any atom is 0.336 e. The first-order chi connectivity index (χ1) is 9.36. The first kappa shape index (κ1) is 15.9. The summed E-state index contributed by atoms with van der Waals surface area (Å²) in [5, 5.41) is 0. The molecule has 0 radical (unpaired) electrons. The highest BCUT2D eigenvalue weighted by molar-refractivity contribution is 9.11. The maximum absolute atomic E-state index is 12.5.